The largest absolute Gasteiger partial charge is 0.494 e. The number of rotatable bonds is 3. The van der Waals surface area contributed by atoms with Crippen molar-refractivity contribution in [3.8, 4) is 5.75 Å². The van der Waals surface area contributed by atoms with E-state index < -0.39 is 23.7 Å². The molecule has 1 saturated heterocycles. The number of hydrogen-bond acceptors (Lipinski definition) is 5. The highest BCUT2D eigenvalue weighted by molar-refractivity contribution is 5.90. The summed E-state index contributed by atoms with van der Waals surface area (Å²) in [6, 6.07) is 7.90. The lowest BCUT2D eigenvalue weighted by molar-refractivity contribution is -0.137. The predicted octanol–water partition coefficient (Wildman–Crippen LogP) is 4.37. The third-order valence-corrected chi connectivity index (χ3v) is 4.84. The smallest absolute Gasteiger partial charge is 0.416 e. The van der Waals surface area contributed by atoms with E-state index in [1.165, 1.54) is 31.6 Å². The average Bonchev–Trinajstić information content (AvgIpc) is 2.72. The molecule has 2 aromatic carbocycles. The molecule has 0 radical (unpaired) electrons. The SMILES string of the molecule is COc1cc2c(N3CCOC(c4cccc(C(F)(F)F)c4)C3)ncnc2cc1F. The van der Waals surface area contributed by atoms with Crippen LogP contribution in [0.5, 0.6) is 5.75 Å². The summed E-state index contributed by atoms with van der Waals surface area (Å²) >= 11 is 0. The Morgan fingerprint density at radius 1 is 1.17 bits per heavy atom. The molecule has 1 aliphatic heterocycles. The van der Waals surface area contributed by atoms with Crippen LogP contribution in [0.1, 0.15) is 17.2 Å². The van der Waals surface area contributed by atoms with E-state index in [9.17, 15) is 17.6 Å². The molecule has 0 aliphatic carbocycles. The molecule has 2 heterocycles. The minimum atomic E-state index is -4.42. The minimum absolute atomic E-state index is 0.0660. The molecule has 1 fully saturated rings. The molecule has 3 aromatic rings. The van der Waals surface area contributed by atoms with E-state index in [1.54, 1.807) is 6.07 Å². The Labute approximate surface area is 163 Å². The van der Waals surface area contributed by atoms with E-state index in [0.29, 0.717) is 42.0 Å². The average molecular weight is 407 g/mol. The van der Waals surface area contributed by atoms with Gasteiger partial charge in [0.25, 0.3) is 0 Å². The summed E-state index contributed by atoms with van der Waals surface area (Å²) in [6.07, 6.45) is -3.65. The zero-order valence-electron chi connectivity index (χ0n) is 15.4. The maximum atomic E-state index is 14.0. The van der Waals surface area contributed by atoms with Gasteiger partial charge in [-0.2, -0.15) is 13.2 Å². The Morgan fingerprint density at radius 3 is 2.76 bits per heavy atom. The standard InChI is InChI=1S/C20H17F4N3O2/c1-28-17-8-14-16(9-15(17)21)25-11-26-19(14)27-5-6-29-18(10-27)12-3-2-4-13(7-12)20(22,23)24/h2-4,7-9,11,18H,5-6,10H2,1H3. The molecule has 1 atom stereocenters. The summed E-state index contributed by atoms with van der Waals surface area (Å²) in [6.45, 7) is 1.10. The molecule has 9 heteroatoms. The lowest BCUT2D eigenvalue weighted by Crippen LogP contribution is -2.39. The zero-order valence-corrected chi connectivity index (χ0v) is 15.4. The molecule has 1 aromatic heterocycles. The van der Waals surface area contributed by atoms with Crippen LogP contribution >= 0.6 is 0 Å². The molecular formula is C20H17F4N3O2. The van der Waals surface area contributed by atoms with E-state index in [0.717, 1.165) is 12.1 Å². The number of halogens is 4. The van der Waals surface area contributed by atoms with Gasteiger partial charge in [-0.1, -0.05) is 12.1 Å². The fourth-order valence-corrected chi connectivity index (χ4v) is 3.41. The molecule has 29 heavy (non-hydrogen) atoms. The number of alkyl halides is 3. The molecule has 0 bridgehead atoms. The summed E-state index contributed by atoms with van der Waals surface area (Å²) in [4.78, 5) is 10.3. The number of aromatic nitrogens is 2. The third kappa shape index (κ3) is 3.82. The van der Waals surface area contributed by atoms with Crippen LogP contribution in [-0.4, -0.2) is 36.8 Å². The number of benzene rings is 2. The first-order valence-corrected chi connectivity index (χ1v) is 8.89. The minimum Gasteiger partial charge on any atom is -0.494 e. The van der Waals surface area contributed by atoms with E-state index >= 15 is 0 Å². The van der Waals surface area contributed by atoms with Gasteiger partial charge < -0.3 is 14.4 Å². The van der Waals surface area contributed by atoms with Crippen LogP contribution in [0.15, 0.2) is 42.7 Å². The highest BCUT2D eigenvalue weighted by Crippen LogP contribution is 2.34. The number of hydrogen-bond donors (Lipinski definition) is 0. The normalized spacial score (nSPS) is 17.6. The van der Waals surface area contributed by atoms with Crippen molar-refractivity contribution in [1.29, 1.82) is 0 Å². The van der Waals surface area contributed by atoms with Gasteiger partial charge in [-0.05, 0) is 23.8 Å². The van der Waals surface area contributed by atoms with Crippen LogP contribution in [0.25, 0.3) is 10.9 Å². The Bertz CT molecular complexity index is 1040. The van der Waals surface area contributed by atoms with Crippen molar-refractivity contribution < 1.29 is 27.0 Å². The number of ether oxygens (including phenoxy) is 2. The molecule has 0 amide bonds. The lowest BCUT2D eigenvalue weighted by Gasteiger charge is -2.34. The number of morpholine rings is 1. The molecule has 0 N–H and O–H groups in total. The van der Waals surface area contributed by atoms with Crippen molar-refractivity contribution in [2.24, 2.45) is 0 Å². The lowest BCUT2D eigenvalue weighted by atomic mass is 10.0. The van der Waals surface area contributed by atoms with Crippen LogP contribution in [-0.2, 0) is 10.9 Å². The van der Waals surface area contributed by atoms with Gasteiger partial charge >= 0.3 is 6.18 Å². The first-order valence-electron chi connectivity index (χ1n) is 8.89. The van der Waals surface area contributed by atoms with E-state index in [2.05, 4.69) is 9.97 Å². The van der Waals surface area contributed by atoms with Crippen molar-refractivity contribution in [3.63, 3.8) is 0 Å². The molecule has 1 aliphatic rings. The monoisotopic (exact) mass is 407 g/mol. The van der Waals surface area contributed by atoms with Crippen molar-refractivity contribution in [2.45, 2.75) is 12.3 Å². The molecule has 5 nitrogen and oxygen atoms in total. The van der Waals surface area contributed by atoms with Crippen LogP contribution in [0.3, 0.4) is 0 Å². The molecule has 0 saturated carbocycles. The second kappa shape index (κ2) is 7.47. The van der Waals surface area contributed by atoms with E-state index in [-0.39, 0.29) is 5.75 Å². The molecule has 0 spiro atoms. The fraction of sp³-hybridized carbons (Fsp3) is 0.300. The van der Waals surface area contributed by atoms with Gasteiger partial charge in [0, 0.05) is 24.5 Å². The van der Waals surface area contributed by atoms with Gasteiger partial charge in [-0.3, -0.25) is 0 Å². The topological polar surface area (TPSA) is 47.5 Å². The van der Waals surface area contributed by atoms with Crippen LogP contribution in [0, 0.1) is 5.82 Å². The highest BCUT2D eigenvalue weighted by atomic mass is 19.4. The van der Waals surface area contributed by atoms with Gasteiger partial charge in [0.1, 0.15) is 18.2 Å². The van der Waals surface area contributed by atoms with Crippen LogP contribution < -0.4 is 9.64 Å². The van der Waals surface area contributed by atoms with Gasteiger partial charge in [0.15, 0.2) is 11.6 Å². The summed E-state index contributed by atoms with van der Waals surface area (Å²) < 4.78 is 63.9. The van der Waals surface area contributed by atoms with Crippen molar-refractivity contribution >= 4 is 16.7 Å². The first-order chi connectivity index (χ1) is 13.9. The Hall–Kier alpha value is -2.94. The van der Waals surface area contributed by atoms with Crippen molar-refractivity contribution in [3.05, 3.63) is 59.7 Å². The number of nitrogens with zero attached hydrogens (tertiary/aromatic N) is 3. The molecule has 152 valence electrons. The maximum absolute atomic E-state index is 14.0. The second-order valence-corrected chi connectivity index (χ2v) is 6.63. The quantitative estimate of drug-likeness (QED) is 0.604. The Balaban J connectivity index is 1.67. The zero-order chi connectivity index (χ0) is 20.6. The number of fused-ring (bicyclic) bond motifs is 1. The molecular weight excluding hydrogens is 390 g/mol. The number of anilines is 1. The van der Waals surface area contributed by atoms with E-state index in [1.807, 2.05) is 4.90 Å². The van der Waals surface area contributed by atoms with Crippen LogP contribution in [0.2, 0.25) is 0 Å². The molecule has 1 unspecified atom stereocenters. The van der Waals surface area contributed by atoms with Gasteiger partial charge in [0.2, 0.25) is 0 Å². The summed E-state index contributed by atoms with van der Waals surface area (Å²) in [5, 5.41) is 0.593. The van der Waals surface area contributed by atoms with Crippen molar-refractivity contribution in [1.82, 2.24) is 9.97 Å². The highest BCUT2D eigenvalue weighted by Gasteiger charge is 2.32. The molecule has 4 rings (SSSR count). The van der Waals surface area contributed by atoms with Gasteiger partial charge in [-0.15, -0.1) is 0 Å². The predicted molar refractivity (Wildman–Crippen MR) is 98.4 cm³/mol. The first kappa shape index (κ1) is 19.4. The Kier molecular flexibility index (Phi) is 4.99. The van der Waals surface area contributed by atoms with Crippen LogP contribution in [0.4, 0.5) is 23.4 Å². The van der Waals surface area contributed by atoms with Crippen molar-refractivity contribution in [2.75, 3.05) is 31.7 Å². The fourth-order valence-electron chi connectivity index (χ4n) is 3.41. The van der Waals surface area contributed by atoms with E-state index in [4.69, 9.17) is 9.47 Å². The second-order valence-electron chi connectivity index (χ2n) is 6.63. The summed E-state index contributed by atoms with van der Waals surface area (Å²) in [7, 11) is 1.37. The summed E-state index contributed by atoms with van der Waals surface area (Å²) in [5.41, 5.74) is 0.130. The summed E-state index contributed by atoms with van der Waals surface area (Å²) in [5.74, 6) is 0.0817. The third-order valence-electron chi connectivity index (χ3n) is 4.84. The van der Waals surface area contributed by atoms with Gasteiger partial charge in [-0.25, -0.2) is 14.4 Å². The van der Waals surface area contributed by atoms with Gasteiger partial charge in [0.05, 0.1) is 24.8 Å². The maximum Gasteiger partial charge on any atom is 0.416 e. The Morgan fingerprint density at radius 2 is 2.00 bits per heavy atom. The number of methoxy groups -OCH3 is 1.